The third-order valence-corrected chi connectivity index (χ3v) is 6.22. The number of ketones is 2. The maximum absolute atomic E-state index is 12.7. The highest BCUT2D eigenvalue weighted by atomic mass is 79.9. The first kappa shape index (κ1) is 19.6. The number of carbonyl (C=O) groups is 2. The summed E-state index contributed by atoms with van der Waals surface area (Å²) in [4.78, 5) is 26.0. The average molecular weight is 469 g/mol. The van der Waals surface area contributed by atoms with Gasteiger partial charge in [-0.3, -0.25) is 9.59 Å². The molecule has 0 atom stereocenters. The molecule has 4 rings (SSSR count). The van der Waals surface area contributed by atoms with Crippen LogP contribution < -0.4 is 9.47 Å². The Morgan fingerprint density at radius 3 is 2.59 bits per heavy atom. The first-order chi connectivity index (χ1) is 13.9. The Kier molecular flexibility index (Phi) is 5.39. The average Bonchev–Trinajstić information content (AvgIpc) is 3.26. The van der Waals surface area contributed by atoms with Gasteiger partial charge in [0.2, 0.25) is 5.78 Å². The lowest BCUT2D eigenvalue weighted by molar-refractivity contribution is 0.0920. The number of fused-ring (bicyclic) bond motifs is 1. The van der Waals surface area contributed by atoms with Gasteiger partial charge in [-0.25, -0.2) is 0 Å². The lowest BCUT2D eigenvalue weighted by Gasteiger charge is -2.11. The van der Waals surface area contributed by atoms with Crippen molar-refractivity contribution in [2.45, 2.75) is 13.8 Å². The molecule has 1 aromatic heterocycles. The number of thiophene rings is 1. The Labute approximate surface area is 180 Å². The van der Waals surface area contributed by atoms with E-state index in [0.29, 0.717) is 33.9 Å². The van der Waals surface area contributed by atoms with Gasteiger partial charge in [0, 0.05) is 26.6 Å². The monoisotopic (exact) mass is 468 g/mol. The van der Waals surface area contributed by atoms with Crippen LogP contribution in [0.4, 0.5) is 0 Å². The van der Waals surface area contributed by atoms with Gasteiger partial charge >= 0.3 is 0 Å². The summed E-state index contributed by atoms with van der Waals surface area (Å²) in [5.41, 5.74) is 2.89. The molecule has 0 fully saturated rings. The number of allylic oxidation sites excluding steroid dienone is 1. The molecule has 0 spiro atoms. The number of rotatable bonds is 5. The number of carbonyl (C=O) groups excluding carboxylic acids is 2. The van der Waals surface area contributed by atoms with Crippen LogP contribution in [-0.2, 0) is 0 Å². The number of halogens is 1. The number of ether oxygens (including phenoxy) is 2. The molecule has 146 valence electrons. The summed E-state index contributed by atoms with van der Waals surface area (Å²) in [6.07, 6.45) is 1.78. The highest BCUT2D eigenvalue weighted by Gasteiger charge is 2.30. The smallest absolute Gasteiger partial charge is 0.232 e. The second-order valence-corrected chi connectivity index (χ2v) is 8.56. The summed E-state index contributed by atoms with van der Waals surface area (Å²) in [7, 11) is 0. The highest BCUT2D eigenvalue weighted by molar-refractivity contribution is 9.10. The molecule has 0 unspecified atom stereocenters. The van der Waals surface area contributed by atoms with E-state index < -0.39 is 0 Å². The number of hydrogen-bond donors (Lipinski definition) is 0. The molecule has 3 aromatic rings. The molecule has 0 amide bonds. The summed E-state index contributed by atoms with van der Waals surface area (Å²) in [6.45, 7) is 3.73. The zero-order chi connectivity index (χ0) is 20.5. The van der Waals surface area contributed by atoms with Crippen molar-refractivity contribution < 1.29 is 19.1 Å². The minimum atomic E-state index is -0.145. The topological polar surface area (TPSA) is 52.6 Å². The first-order valence-corrected chi connectivity index (χ1v) is 10.6. The van der Waals surface area contributed by atoms with E-state index in [4.69, 9.17) is 9.47 Å². The SMILES string of the molecule is Cc1ccsc1/C=C1\Oc2c(ccc(OCC(=O)c3ccc(Br)cc3)c2C)C1=O. The van der Waals surface area contributed by atoms with Crippen LogP contribution in [-0.4, -0.2) is 18.2 Å². The van der Waals surface area contributed by atoms with Gasteiger partial charge in [-0.15, -0.1) is 11.3 Å². The van der Waals surface area contributed by atoms with Gasteiger partial charge in [0.25, 0.3) is 0 Å². The van der Waals surface area contributed by atoms with Crippen molar-refractivity contribution in [3.05, 3.63) is 85.2 Å². The number of Topliss-reactive ketones (excluding diaryl/α,β-unsaturated/α-hetero) is 2. The van der Waals surface area contributed by atoms with Gasteiger partial charge < -0.3 is 9.47 Å². The Morgan fingerprint density at radius 1 is 1.14 bits per heavy atom. The van der Waals surface area contributed by atoms with Crippen molar-refractivity contribution in [2.75, 3.05) is 6.61 Å². The van der Waals surface area contributed by atoms with Crippen LogP contribution in [0.3, 0.4) is 0 Å². The Morgan fingerprint density at radius 2 is 1.90 bits per heavy atom. The summed E-state index contributed by atoms with van der Waals surface area (Å²) in [6, 6.07) is 12.5. The normalized spacial score (nSPS) is 14.0. The molecular formula is C23H17BrO4S. The number of benzene rings is 2. The van der Waals surface area contributed by atoms with Crippen molar-refractivity contribution in [3.63, 3.8) is 0 Å². The zero-order valence-electron chi connectivity index (χ0n) is 15.8. The standard InChI is InChI=1S/C23H17BrO4S/c1-13-9-10-29-21(13)11-20-22(26)17-7-8-19(14(2)23(17)28-20)27-12-18(25)15-3-5-16(24)6-4-15/h3-11H,12H2,1-2H3/b20-11-. The maximum atomic E-state index is 12.7. The van der Waals surface area contributed by atoms with Gasteiger partial charge in [-0.05, 0) is 55.1 Å². The fourth-order valence-electron chi connectivity index (χ4n) is 3.04. The molecule has 29 heavy (non-hydrogen) atoms. The predicted molar refractivity (Wildman–Crippen MR) is 117 cm³/mol. The lowest BCUT2D eigenvalue weighted by Crippen LogP contribution is -2.12. The molecule has 0 saturated heterocycles. The van der Waals surface area contributed by atoms with Gasteiger partial charge in [0.15, 0.2) is 18.1 Å². The molecule has 6 heteroatoms. The Balaban J connectivity index is 1.53. The summed E-state index contributed by atoms with van der Waals surface area (Å²) in [5.74, 6) is 1.05. The van der Waals surface area contributed by atoms with Crippen LogP contribution in [0, 0.1) is 13.8 Å². The quantitative estimate of drug-likeness (QED) is 0.340. The fourth-order valence-corrected chi connectivity index (χ4v) is 4.15. The molecular weight excluding hydrogens is 452 g/mol. The van der Waals surface area contributed by atoms with E-state index in [0.717, 1.165) is 14.9 Å². The third kappa shape index (κ3) is 3.91. The number of aryl methyl sites for hydroxylation is 1. The molecule has 0 bridgehead atoms. The van der Waals surface area contributed by atoms with Crippen molar-refractivity contribution in [1.82, 2.24) is 0 Å². The second kappa shape index (κ2) is 7.97. The van der Waals surface area contributed by atoms with E-state index in [1.165, 1.54) is 0 Å². The van der Waals surface area contributed by atoms with Crippen molar-refractivity contribution in [2.24, 2.45) is 0 Å². The second-order valence-electron chi connectivity index (χ2n) is 6.69. The number of hydrogen-bond acceptors (Lipinski definition) is 5. The van der Waals surface area contributed by atoms with E-state index in [2.05, 4.69) is 15.9 Å². The molecule has 0 aliphatic carbocycles. The first-order valence-electron chi connectivity index (χ1n) is 8.97. The fraction of sp³-hybridized carbons (Fsp3) is 0.130. The van der Waals surface area contributed by atoms with Crippen LogP contribution in [0.15, 0.2) is 58.1 Å². The molecule has 0 N–H and O–H groups in total. The molecule has 2 aromatic carbocycles. The Bertz CT molecular complexity index is 1140. The van der Waals surface area contributed by atoms with E-state index in [1.54, 1.807) is 41.7 Å². The molecule has 2 heterocycles. The third-order valence-electron chi connectivity index (χ3n) is 4.73. The molecule has 4 nitrogen and oxygen atoms in total. The maximum Gasteiger partial charge on any atom is 0.232 e. The molecule has 0 radical (unpaired) electrons. The summed E-state index contributed by atoms with van der Waals surface area (Å²) >= 11 is 4.91. The van der Waals surface area contributed by atoms with Crippen molar-refractivity contribution in [1.29, 1.82) is 0 Å². The molecule has 1 aliphatic heterocycles. The summed E-state index contributed by atoms with van der Waals surface area (Å²) in [5, 5.41) is 1.98. The molecule has 0 saturated carbocycles. The largest absolute Gasteiger partial charge is 0.485 e. The van der Waals surface area contributed by atoms with E-state index in [9.17, 15) is 9.59 Å². The van der Waals surface area contributed by atoms with Gasteiger partial charge in [0.1, 0.15) is 11.5 Å². The van der Waals surface area contributed by atoms with E-state index in [1.807, 2.05) is 37.4 Å². The minimum absolute atomic E-state index is 0.0910. The van der Waals surface area contributed by atoms with Crippen molar-refractivity contribution >= 4 is 44.9 Å². The highest BCUT2D eigenvalue weighted by Crippen LogP contribution is 2.39. The van der Waals surface area contributed by atoms with Gasteiger partial charge in [-0.1, -0.05) is 28.1 Å². The lowest BCUT2D eigenvalue weighted by atomic mass is 10.1. The van der Waals surface area contributed by atoms with Gasteiger partial charge in [0.05, 0.1) is 5.56 Å². The van der Waals surface area contributed by atoms with Crippen molar-refractivity contribution in [3.8, 4) is 11.5 Å². The predicted octanol–water partition coefficient (Wildman–Crippen LogP) is 6.01. The minimum Gasteiger partial charge on any atom is -0.485 e. The molecule has 1 aliphatic rings. The van der Waals surface area contributed by atoms with Crippen LogP contribution in [0.25, 0.3) is 6.08 Å². The summed E-state index contributed by atoms with van der Waals surface area (Å²) < 4.78 is 12.5. The Hall–Kier alpha value is -2.70. The van der Waals surface area contributed by atoms with Crippen LogP contribution in [0.5, 0.6) is 11.5 Å². The van der Waals surface area contributed by atoms with Crippen LogP contribution in [0.1, 0.15) is 36.7 Å². The van der Waals surface area contributed by atoms with Crippen LogP contribution in [0.2, 0.25) is 0 Å². The zero-order valence-corrected chi connectivity index (χ0v) is 18.2. The van der Waals surface area contributed by atoms with E-state index in [-0.39, 0.29) is 18.2 Å². The van der Waals surface area contributed by atoms with Gasteiger partial charge in [-0.2, -0.15) is 0 Å². The van der Waals surface area contributed by atoms with E-state index >= 15 is 0 Å². The van der Waals surface area contributed by atoms with Crippen LogP contribution >= 0.6 is 27.3 Å².